The molecule has 3 nitrogen and oxygen atoms in total. The van der Waals surface area contributed by atoms with E-state index >= 15 is 0 Å². The van der Waals surface area contributed by atoms with Crippen molar-refractivity contribution >= 4 is 0 Å². The van der Waals surface area contributed by atoms with E-state index in [1.54, 1.807) is 0 Å². The fourth-order valence-electron chi connectivity index (χ4n) is 1.95. The van der Waals surface area contributed by atoms with Gasteiger partial charge >= 0.3 is 0 Å². The highest BCUT2D eigenvalue weighted by molar-refractivity contribution is 5.33. The summed E-state index contributed by atoms with van der Waals surface area (Å²) in [6.07, 6.45) is 3.61. The van der Waals surface area contributed by atoms with Crippen LogP contribution in [0.3, 0.4) is 0 Å². The van der Waals surface area contributed by atoms with Crippen LogP contribution in [0.5, 0.6) is 11.5 Å². The number of hydrogen-bond acceptors (Lipinski definition) is 3. The van der Waals surface area contributed by atoms with Crippen molar-refractivity contribution in [1.29, 1.82) is 0 Å². The molecule has 0 heterocycles. The van der Waals surface area contributed by atoms with Gasteiger partial charge in [0.1, 0.15) is 17.6 Å². The predicted octanol–water partition coefficient (Wildman–Crippen LogP) is 3.62. The largest absolute Gasteiger partial charge is 0.493 e. The molecule has 108 valence electrons. The van der Waals surface area contributed by atoms with Crippen LogP contribution >= 0.6 is 0 Å². The molecule has 0 spiro atoms. The first-order valence-electron chi connectivity index (χ1n) is 7.29. The zero-order valence-electron chi connectivity index (χ0n) is 12.4. The van der Waals surface area contributed by atoms with Gasteiger partial charge in [0.15, 0.2) is 0 Å². The van der Waals surface area contributed by atoms with E-state index in [2.05, 4.69) is 13.8 Å². The molecule has 0 bridgehead atoms. The van der Waals surface area contributed by atoms with Crippen LogP contribution in [0.2, 0.25) is 0 Å². The Balaban J connectivity index is 2.51. The number of nitrogens with two attached hydrogens (primary N) is 1. The second kappa shape index (κ2) is 8.81. The molecule has 0 aromatic heterocycles. The van der Waals surface area contributed by atoms with Crippen LogP contribution in [0.15, 0.2) is 24.3 Å². The van der Waals surface area contributed by atoms with Crippen molar-refractivity contribution in [3.05, 3.63) is 24.3 Å². The summed E-state index contributed by atoms with van der Waals surface area (Å²) < 4.78 is 11.5. The normalized spacial score (nSPS) is 13.9. The molecule has 1 rings (SSSR count). The summed E-state index contributed by atoms with van der Waals surface area (Å²) >= 11 is 0. The Labute approximate surface area is 117 Å². The van der Waals surface area contributed by atoms with E-state index in [1.165, 1.54) is 12.8 Å². The summed E-state index contributed by atoms with van der Waals surface area (Å²) in [5, 5.41) is 0. The van der Waals surface area contributed by atoms with Crippen LogP contribution in [0.1, 0.15) is 40.0 Å². The highest BCUT2D eigenvalue weighted by atomic mass is 16.5. The van der Waals surface area contributed by atoms with Gasteiger partial charge in [-0.1, -0.05) is 32.8 Å². The molecule has 0 aliphatic carbocycles. The lowest BCUT2D eigenvalue weighted by Gasteiger charge is -2.16. The van der Waals surface area contributed by atoms with Crippen LogP contribution in [-0.2, 0) is 0 Å². The van der Waals surface area contributed by atoms with Gasteiger partial charge in [-0.2, -0.15) is 0 Å². The van der Waals surface area contributed by atoms with Crippen molar-refractivity contribution in [2.24, 2.45) is 11.7 Å². The van der Waals surface area contributed by atoms with Gasteiger partial charge in [-0.3, -0.25) is 0 Å². The van der Waals surface area contributed by atoms with Crippen LogP contribution < -0.4 is 15.2 Å². The summed E-state index contributed by atoms with van der Waals surface area (Å²) in [7, 11) is 0. The zero-order valence-corrected chi connectivity index (χ0v) is 12.4. The number of ether oxygens (including phenoxy) is 2. The van der Waals surface area contributed by atoms with E-state index in [0.29, 0.717) is 12.5 Å². The molecule has 19 heavy (non-hydrogen) atoms. The van der Waals surface area contributed by atoms with Crippen molar-refractivity contribution < 1.29 is 9.47 Å². The monoisotopic (exact) mass is 265 g/mol. The average Bonchev–Trinajstić information content (AvgIpc) is 2.43. The topological polar surface area (TPSA) is 44.5 Å². The summed E-state index contributed by atoms with van der Waals surface area (Å²) in [6.45, 7) is 7.68. The zero-order chi connectivity index (χ0) is 14.1. The van der Waals surface area contributed by atoms with Crippen molar-refractivity contribution in [2.75, 3.05) is 13.2 Å². The van der Waals surface area contributed by atoms with E-state index in [9.17, 15) is 0 Å². The van der Waals surface area contributed by atoms with Crippen LogP contribution in [0, 0.1) is 5.92 Å². The molecule has 0 aliphatic rings. The predicted molar refractivity (Wildman–Crippen MR) is 79.8 cm³/mol. The van der Waals surface area contributed by atoms with Gasteiger partial charge in [0.25, 0.3) is 0 Å². The summed E-state index contributed by atoms with van der Waals surface area (Å²) in [4.78, 5) is 0. The Kier molecular flexibility index (Phi) is 7.34. The maximum atomic E-state index is 5.86. The molecule has 1 unspecified atom stereocenters. The van der Waals surface area contributed by atoms with Crippen LogP contribution in [0.25, 0.3) is 0 Å². The minimum absolute atomic E-state index is 0.0266. The van der Waals surface area contributed by atoms with Gasteiger partial charge in [-0.15, -0.1) is 0 Å². The van der Waals surface area contributed by atoms with Crippen molar-refractivity contribution in [2.45, 2.75) is 46.1 Å². The Morgan fingerprint density at radius 1 is 1.21 bits per heavy atom. The Hall–Kier alpha value is -1.22. The molecule has 1 aromatic carbocycles. The highest BCUT2D eigenvalue weighted by Crippen LogP contribution is 2.22. The summed E-state index contributed by atoms with van der Waals surface area (Å²) in [6, 6.07) is 7.79. The van der Waals surface area contributed by atoms with Gasteiger partial charge in [0.05, 0.1) is 6.61 Å². The lowest BCUT2D eigenvalue weighted by atomic mass is 10.0. The van der Waals surface area contributed by atoms with Gasteiger partial charge in [0, 0.05) is 12.6 Å². The Morgan fingerprint density at radius 2 is 1.95 bits per heavy atom. The van der Waals surface area contributed by atoms with E-state index in [4.69, 9.17) is 15.2 Å². The molecular weight excluding hydrogens is 238 g/mol. The number of benzene rings is 1. The molecule has 0 radical (unpaired) electrons. The van der Waals surface area contributed by atoms with Crippen molar-refractivity contribution in [3.8, 4) is 11.5 Å². The molecule has 0 aliphatic heterocycles. The standard InChI is InChI=1S/C16H27NO2/c1-4-7-14(5-2)12-18-15-8-6-9-16(10-15)19-13(3)11-17/h6,8-10,13-14H,4-5,7,11-12,17H2,1-3H3/t13-,14?/m1/s1. The lowest BCUT2D eigenvalue weighted by Crippen LogP contribution is -2.22. The highest BCUT2D eigenvalue weighted by Gasteiger charge is 2.07. The van der Waals surface area contributed by atoms with Gasteiger partial charge < -0.3 is 15.2 Å². The van der Waals surface area contributed by atoms with E-state index in [1.807, 2.05) is 31.2 Å². The molecule has 2 N–H and O–H groups in total. The second-order valence-electron chi connectivity index (χ2n) is 5.01. The van der Waals surface area contributed by atoms with Crippen molar-refractivity contribution in [3.63, 3.8) is 0 Å². The third-order valence-electron chi connectivity index (χ3n) is 3.23. The second-order valence-corrected chi connectivity index (χ2v) is 5.01. The molecule has 2 atom stereocenters. The van der Waals surface area contributed by atoms with Gasteiger partial charge in [-0.25, -0.2) is 0 Å². The Bertz CT molecular complexity index is 354. The third-order valence-corrected chi connectivity index (χ3v) is 3.23. The summed E-state index contributed by atoms with van der Waals surface area (Å²) in [5.74, 6) is 2.33. The molecule has 1 aromatic rings. The Morgan fingerprint density at radius 3 is 2.58 bits per heavy atom. The van der Waals surface area contributed by atoms with Crippen LogP contribution in [0.4, 0.5) is 0 Å². The molecule has 3 heteroatoms. The lowest BCUT2D eigenvalue weighted by molar-refractivity contribution is 0.220. The molecule has 0 saturated heterocycles. The van der Waals surface area contributed by atoms with Crippen LogP contribution in [-0.4, -0.2) is 19.3 Å². The first kappa shape index (κ1) is 15.8. The SMILES string of the molecule is CCCC(CC)COc1cccc(O[C@H](C)CN)c1. The molecule has 0 fully saturated rings. The smallest absolute Gasteiger partial charge is 0.123 e. The fourth-order valence-corrected chi connectivity index (χ4v) is 1.95. The number of rotatable bonds is 9. The maximum absolute atomic E-state index is 5.86. The average molecular weight is 265 g/mol. The fraction of sp³-hybridized carbons (Fsp3) is 0.625. The van der Waals surface area contributed by atoms with Crippen molar-refractivity contribution in [1.82, 2.24) is 0 Å². The van der Waals surface area contributed by atoms with Gasteiger partial charge in [0.2, 0.25) is 0 Å². The van der Waals surface area contributed by atoms with Gasteiger partial charge in [-0.05, 0) is 31.4 Å². The maximum Gasteiger partial charge on any atom is 0.123 e. The molecule has 0 amide bonds. The first-order valence-corrected chi connectivity index (χ1v) is 7.29. The third kappa shape index (κ3) is 5.97. The minimum atomic E-state index is 0.0266. The van der Waals surface area contributed by atoms with E-state index in [0.717, 1.165) is 24.5 Å². The molecule has 0 saturated carbocycles. The summed E-state index contributed by atoms with van der Waals surface area (Å²) in [5.41, 5.74) is 5.55. The minimum Gasteiger partial charge on any atom is -0.493 e. The number of hydrogen-bond donors (Lipinski definition) is 1. The molecular formula is C16H27NO2. The van der Waals surface area contributed by atoms with E-state index in [-0.39, 0.29) is 6.10 Å². The first-order chi connectivity index (χ1) is 9.19. The quantitative estimate of drug-likeness (QED) is 0.741. The van der Waals surface area contributed by atoms with E-state index < -0.39 is 0 Å².